The van der Waals surface area contributed by atoms with Crippen LogP contribution in [0, 0.1) is 0 Å². The smallest absolute Gasteiger partial charge is 0.122 e. The highest BCUT2D eigenvalue weighted by atomic mass is 79.9. The number of aromatic nitrogens is 2. The minimum absolute atomic E-state index is 0.721. The van der Waals surface area contributed by atoms with E-state index < -0.39 is 0 Å². The molecule has 0 bridgehead atoms. The van der Waals surface area contributed by atoms with Crippen LogP contribution in [0.2, 0.25) is 0 Å². The first-order chi connectivity index (χ1) is 8.79. The van der Waals surface area contributed by atoms with Crippen LogP contribution in [-0.4, -0.2) is 29.8 Å². The van der Waals surface area contributed by atoms with Crippen molar-refractivity contribution < 1.29 is 4.74 Å². The summed E-state index contributed by atoms with van der Waals surface area (Å²) in [4.78, 5) is 5.69. The number of hydrogen-bond donors (Lipinski definition) is 1. The minimum atomic E-state index is 0.721. The molecule has 0 unspecified atom stereocenters. The molecule has 4 nitrogen and oxygen atoms in total. The van der Waals surface area contributed by atoms with Crippen LogP contribution in [0.4, 0.5) is 0 Å². The molecule has 0 radical (unpaired) electrons. The maximum atomic E-state index is 5.00. The fourth-order valence-corrected chi connectivity index (χ4v) is 3.11. The lowest BCUT2D eigenvalue weighted by molar-refractivity contribution is 0.199. The Morgan fingerprint density at radius 3 is 3.11 bits per heavy atom. The maximum absolute atomic E-state index is 5.00. The van der Waals surface area contributed by atoms with Crippen molar-refractivity contribution in [3.8, 4) is 0 Å². The Balaban J connectivity index is 1.91. The molecule has 0 fully saturated rings. The van der Waals surface area contributed by atoms with Gasteiger partial charge in [-0.15, -0.1) is 11.3 Å². The van der Waals surface area contributed by atoms with E-state index in [0.717, 1.165) is 35.9 Å². The molecule has 2 heterocycles. The van der Waals surface area contributed by atoms with Gasteiger partial charge in [-0.05, 0) is 28.1 Å². The molecule has 2 aromatic rings. The topological polar surface area (TPSA) is 39.1 Å². The van der Waals surface area contributed by atoms with E-state index in [4.69, 9.17) is 4.74 Å². The molecule has 2 rings (SSSR count). The average molecular weight is 330 g/mol. The van der Waals surface area contributed by atoms with Gasteiger partial charge in [-0.25, -0.2) is 4.98 Å². The fourth-order valence-electron chi connectivity index (χ4n) is 1.63. The zero-order valence-corrected chi connectivity index (χ0v) is 12.6. The quantitative estimate of drug-likeness (QED) is 0.793. The van der Waals surface area contributed by atoms with Gasteiger partial charge in [0.15, 0.2) is 0 Å². The van der Waals surface area contributed by atoms with Crippen LogP contribution in [0.3, 0.4) is 0 Å². The summed E-state index contributed by atoms with van der Waals surface area (Å²) in [5.41, 5.74) is 0. The first kappa shape index (κ1) is 13.7. The Bertz CT molecular complexity index is 483. The SMILES string of the molecule is COCCNCc1nccn1Cc1ccc(Br)s1. The predicted molar refractivity (Wildman–Crippen MR) is 76.9 cm³/mol. The summed E-state index contributed by atoms with van der Waals surface area (Å²) in [6.07, 6.45) is 3.86. The number of nitrogens with one attached hydrogen (secondary N) is 1. The molecule has 0 saturated heterocycles. The minimum Gasteiger partial charge on any atom is -0.383 e. The molecule has 0 spiro atoms. The van der Waals surface area contributed by atoms with Gasteiger partial charge in [-0.1, -0.05) is 0 Å². The number of thiophene rings is 1. The number of nitrogens with zero attached hydrogens (tertiary/aromatic N) is 2. The number of halogens is 1. The van der Waals surface area contributed by atoms with E-state index in [2.05, 4.69) is 42.9 Å². The summed E-state index contributed by atoms with van der Waals surface area (Å²) in [6, 6.07) is 4.21. The number of ether oxygens (including phenoxy) is 1. The molecular weight excluding hydrogens is 314 g/mol. The largest absolute Gasteiger partial charge is 0.383 e. The van der Waals surface area contributed by atoms with Gasteiger partial charge in [0.1, 0.15) is 5.82 Å². The zero-order chi connectivity index (χ0) is 12.8. The molecule has 1 N–H and O–H groups in total. The number of imidazole rings is 1. The second-order valence-corrected chi connectivity index (χ2v) is 6.39. The highest BCUT2D eigenvalue weighted by Crippen LogP contribution is 2.23. The lowest BCUT2D eigenvalue weighted by atomic mass is 10.4. The number of methoxy groups -OCH3 is 1. The lowest BCUT2D eigenvalue weighted by Gasteiger charge is -2.07. The van der Waals surface area contributed by atoms with E-state index in [1.807, 2.05) is 12.4 Å². The van der Waals surface area contributed by atoms with E-state index in [1.165, 1.54) is 4.88 Å². The molecule has 0 atom stereocenters. The van der Waals surface area contributed by atoms with Crippen molar-refractivity contribution in [2.45, 2.75) is 13.1 Å². The van der Waals surface area contributed by atoms with Crippen molar-refractivity contribution in [3.05, 3.63) is 39.0 Å². The normalized spacial score (nSPS) is 11.0. The van der Waals surface area contributed by atoms with E-state index in [1.54, 1.807) is 18.4 Å². The molecular formula is C12H16BrN3OS. The number of hydrogen-bond acceptors (Lipinski definition) is 4. The molecule has 2 aromatic heterocycles. The van der Waals surface area contributed by atoms with Crippen molar-refractivity contribution in [2.75, 3.05) is 20.3 Å². The van der Waals surface area contributed by atoms with E-state index in [0.29, 0.717) is 0 Å². The van der Waals surface area contributed by atoms with Crippen molar-refractivity contribution in [3.63, 3.8) is 0 Å². The lowest BCUT2D eigenvalue weighted by Crippen LogP contribution is -2.21. The summed E-state index contributed by atoms with van der Waals surface area (Å²) in [5, 5.41) is 3.31. The zero-order valence-electron chi connectivity index (χ0n) is 10.2. The molecule has 6 heteroatoms. The van der Waals surface area contributed by atoms with Crippen molar-refractivity contribution in [1.82, 2.24) is 14.9 Å². The Morgan fingerprint density at radius 1 is 1.50 bits per heavy atom. The first-order valence-corrected chi connectivity index (χ1v) is 7.34. The van der Waals surface area contributed by atoms with Gasteiger partial charge in [0.05, 0.1) is 23.5 Å². The van der Waals surface area contributed by atoms with Gasteiger partial charge < -0.3 is 14.6 Å². The van der Waals surface area contributed by atoms with Gasteiger partial charge >= 0.3 is 0 Å². The Labute approximate surface area is 119 Å². The second-order valence-electron chi connectivity index (χ2n) is 3.85. The van der Waals surface area contributed by atoms with Crippen LogP contribution in [-0.2, 0) is 17.8 Å². The number of rotatable bonds is 7. The third-order valence-corrected chi connectivity index (χ3v) is 4.13. The molecule has 18 heavy (non-hydrogen) atoms. The third kappa shape index (κ3) is 3.91. The van der Waals surface area contributed by atoms with Gasteiger partial charge in [-0.3, -0.25) is 0 Å². The highest BCUT2D eigenvalue weighted by molar-refractivity contribution is 9.11. The molecule has 0 aliphatic carbocycles. The molecule has 0 aliphatic rings. The van der Waals surface area contributed by atoms with Crippen LogP contribution in [0.15, 0.2) is 28.3 Å². The Hall–Kier alpha value is -0.690. The van der Waals surface area contributed by atoms with E-state index in [-0.39, 0.29) is 0 Å². The van der Waals surface area contributed by atoms with Crippen LogP contribution in [0.1, 0.15) is 10.7 Å². The second kappa shape index (κ2) is 7.04. The highest BCUT2D eigenvalue weighted by Gasteiger charge is 2.04. The van der Waals surface area contributed by atoms with Crippen molar-refractivity contribution in [1.29, 1.82) is 0 Å². The molecule has 0 aromatic carbocycles. The standard InChI is InChI=1S/C12H16BrN3OS/c1-17-7-5-14-8-12-15-4-6-16(12)9-10-2-3-11(13)18-10/h2-4,6,14H,5,7-9H2,1H3. The first-order valence-electron chi connectivity index (χ1n) is 5.73. The summed E-state index contributed by atoms with van der Waals surface area (Å²) in [6.45, 7) is 3.20. The van der Waals surface area contributed by atoms with Gasteiger partial charge in [-0.2, -0.15) is 0 Å². The average Bonchev–Trinajstić information content (AvgIpc) is 2.95. The van der Waals surface area contributed by atoms with E-state index >= 15 is 0 Å². The molecule has 0 amide bonds. The summed E-state index contributed by atoms with van der Waals surface area (Å²) < 4.78 is 8.33. The van der Waals surface area contributed by atoms with Crippen LogP contribution in [0.25, 0.3) is 0 Å². The molecule has 0 saturated carbocycles. The molecule has 98 valence electrons. The van der Waals surface area contributed by atoms with E-state index in [9.17, 15) is 0 Å². The molecule has 0 aliphatic heterocycles. The fraction of sp³-hybridized carbons (Fsp3) is 0.417. The Morgan fingerprint density at radius 2 is 2.39 bits per heavy atom. The Kier molecular flexibility index (Phi) is 5.37. The maximum Gasteiger partial charge on any atom is 0.122 e. The van der Waals surface area contributed by atoms with Gasteiger partial charge in [0, 0.05) is 30.9 Å². The van der Waals surface area contributed by atoms with Gasteiger partial charge in [0.25, 0.3) is 0 Å². The van der Waals surface area contributed by atoms with Gasteiger partial charge in [0.2, 0.25) is 0 Å². The summed E-state index contributed by atoms with van der Waals surface area (Å²) in [7, 11) is 1.71. The summed E-state index contributed by atoms with van der Waals surface area (Å²) in [5.74, 6) is 1.05. The third-order valence-electron chi connectivity index (χ3n) is 2.52. The monoisotopic (exact) mass is 329 g/mol. The van der Waals surface area contributed by atoms with Crippen LogP contribution in [0.5, 0.6) is 0 Å². The van der Waals surface area contributed by atoms with Crippen molar-refractivity contribution in [2.24, 2.45) is 0 Å². The predicted octanol–water partition coefficient (Wildman–Crippen LogP) is 2.49. The van der Waals surface area contributed by atoms with Crippen LogP contribution < -0.4 is 5.32 Å². The van der Waals surface area contributed by atoms with Crippen molar-refractivity contribution >= 4 is 27.3 Å². The summed E-state index contributed by atoms with van der Waals surface area (Å²) >= 11 is 5.24. The van der Waals surface area contributed by atoms with Crippen LogP contribution >= 0.6 is 27.3 Å².